The van der Waals surface area contributed by atoms with Gasteiger partial charge in [-0.3, -0.25) is 0 Å². The standard InChI is InChI=1S/C24H25ClN6O2S/c1-26-34(32)11-9-31(10-12-34)16-7-8-21(22(13-16)33-2)29-24-28-15-19(25)23(30-24)18-14-27-20-6-4-3-5-17(18)20/h3-8,13-15,27H,9-12H2,1-2H3,(H,28,29,30). The van der Waals surface area contributed by atoms with Crippen molar-refractivity contribution in [3.05, 3.63) is 59.9 Å². The molecule has 0 unspecified atom stereocenters. The average molecular weight is 497 g/mol. The molecule has 1 fully saturated rings. The second kappa shape index (κ2) is 9.15. The summed E-state index contributed by atoms with van der Waals surface area (Å²) < 4.78 is 22.2. The first kappa shape index (κ1) is 22.5. The first-order valence-corrected chi connectivity index (χ1v) is 13.1. The van der Waals surface area contributed by atoms with Gasteiger partial charge in [-0.2, -0.15) is 0 Å². The number of anilines is 3. The zero-order valence-electron chi connectivity index (χ0n) is 18.9. The lowest BCUT2D eigenvalue weighted by atomic mass is 10.1. The third-order valence-corrected chi connectivity index (χ3v) is 8.66. The third-order valence-electron chi connectivity index (χ3n) is 6.08. The summed E-state index contributed by atoms with van der Waals surface area (Å²) >= 11 is 6.46. The van der Waals surface area contributed by atoms with E-state index in [1.807, 2.05) is 48.7 Å². The van der Waals surface area contributed by atoms with Crippen molar-refractivity contribution in [2.24, 2.45) is 4.36 Å². The monoisotopic (exact) mass is 496 g/mol. The molecule has 1 aliphatic heterocycles. The molecule has 34 heavy (non-hydrogen) atoms. The quantitative estimate of drug-likeness (QED) is 0.406. The molecule has 0 atom stereocenters. The number of hydrogen-bond acceptors (Lipinski definition) is 7. The Balaban J connectivity index is 1.41. The summed E-state index contributed by atoms with van der Waals surface area (Å²) in [6, 6.07) is 13.9. The van der Waals surface area contributed by atoms with Gasteiger partial charge in [0.25, 0.3) is 0 Å². The van der Waals surface area contributed by atoms with Crippen LogP contribution in [0.15, 0.2) is 59.2 Å². The molecular formula is C24H25ClN6O2S. The van der Waals surface area contributed by atoms with E-state index >= 15 is 0 Å². The molecule has 1 aliphatic rings. The van der Waals surface area contributed by atoms with Gasteiger partial charge in [-0.1, -0.05) is 29.8 Å². The van der Waals surface area contributed by atoms with Crippen LogP contribution in [-0.2, 0) is 9.73 Å². The molecule has 0 aliphatic carbocycles. The van der Waals surface area contributed by atoms with Crippen molar-refractivity contribution >= 4 is 49.6 Å². The van der Waals surface area contributed by atoms with Gasteiger partial charge in [0.2, 0.25) is 5.95 Å². The molecule has 3 heterocycles. The smallest absolute Gasteiger partial charge is 0.227 e. The van der Waals surface area contributed by atoms with Gasteiger partial charge < -0.3 is 19.9 Å². The lowest BCUT2D eigenvalue weighted by Gasteiger charge is -2.31. The maximum atomic E-state index is 12.5. The zero-order chi connectivity index (χ0) is 23.7. The van der Waals surface area contributed by atoms with Gasteiger partial charge in [-0.15, -0.1) is 0 Å². The summed E-state index contributed by atoms with van der Waals surface area (Å²) in [6.45, 7) is 1.39. The first-order valence-electron chi connectivity index (χ1n) is 10.9. The number of benzene rings is 2. The fourth-order valence-electron chi connectivity index (χ4n) is 4.14. The van der Waals surface area contributed by atoms with Crippen molar-refractivity contribution < 1.29 is 8.95 Å². The normalized spacial score (nSPS) is 15.3. The van der Waals surface area contributed by atoms with Gasteiger partial charge in [0.1, 0.15) is 5.75 Å². The van der Waals surface area contributed by atoms with Gasteiger partial charge in [-0.25, -0.2) is 18.5 Å². The van der Waals surface area contributed by atoms with E-state index in [0.29, 0.717) is 47.0 Å². The topological polar surface area (TPSA) is 95.5 Å². The van der Waals surface area contributed by atoms with Crippen LogP contribution in [0.1, 0.15) is 0 Å². The minimum absolute atomic E-state index is 0.415. The Hall–Kier alpha value is -3.30. The molecule has 4 aromatic rings. The number of aromatic nitrogens is 3. The van der Waals surface area contributed by atoms with Crippen LogP contribution >= 0.6 is 11.6 Å². The van der Waals surface area contributed by atoms with E-state index in [9.17, 15) is 4.21 Å². The highest BCUT2D eigenvalue weighted by Crippen LogP contribution is 2.35. The lowest BCUT2D eigenvalue weighted by Crippen LogP contribution is -2.40. The molecule has 2 aromatic carbocycles. The van der Waals surface area contributed by atoms with Crippen LogP contribution < -0.4 is 15.0 Å². The maximum absolute atomic E-state index is 12.5. The van der Waals surface area contributed by atoms with E-state index in [0.717, 1.165) is 27.8 Å². The molecule has 2 N–H and O–H groups in total. The van der Waals surface area contributed by atoms with E-state index in [1.54, 1.807) is 20.4 Å². The highest BCUT2D eigenvalue weighted by Gasteiger charge is 2.21. The van der Waals surface area contributed by atoms with Crippen LogP contribution in [0.2, 0.25) is 5.02 Å². The predicted molar refractivity (Wildman–Crippen MR) is 139 cm³/mol. The van der Waals surface area contributed by atoms with Crippen molar-refractivity contribution in [1.29, 1.82) is 0 Å². The van der Waals surface area contributed by atoms with Crippen LogP contribution in [0.4, 0.5) is 17.3 Å². The molecule has 10 heteroatoms. The van der Waals surface area contributed by atoms with E-state index < -0.39 is 9.73 Å². The van der Waals surface area contributed by atoms with Crippen LogP contribution in [0.5, 0.6) is 5.75 Å². The maximum Gasteiger partial charge on any atom is 0.227 e. The van der Waals surface area contributed by atoms with Gasteiger partial charge in [-0.05, 0) is 18.2 Å². The number of hydrogen-bond donors (Lipinski definition) is 2. The number of aromatic amines is 1. The highest BCUT2D eigenvalue weighted by atomic mass is 35.5. The minimum atomic E-state index is -2.06. The third kappa shape index (κ3) is 4.28. The summed E-state index contributed by atoms with van der Waals surface area (Å²) in [5, 5.41) is 4.77. The Labute approximate surface area is 203 Å². The number of fused-ring (bicyclic) bond motifs is 1. The molecule has 0 amide bonds. The van der Waals surface area contributed by atoms with Crippen LogP contribution in [0, 0.1) is 0 Å². The van der Waals surface area contributed by atoms with E-state index in [4.69, 9.17) is 21.3 Å². The molecule has 2 aromatic heterocycles. The molecule has 0 bridgehead atoms. The molecule has 1 saturated heterocycles. The number of rotatable bonds is 5. The van der Waals surface area contributed by atoms with E-state index in [1.165, 1.54) is 0 Å². The molecule has 0 saturated carbocycles. The molecular weight excluding hydrogens is 472 g/mol. The highest BCUT2D eigenvalue weighted by molar-refractivity contribution is 7.93. The number of H-pyrrole nitrogens is 1. The van der Waals surface area contributed by atoms with Gasteiger partial charge in [0, 0.05) is 75.8 Å². The Morgan fingerprint density at radius 2 is 2.00 bits per heavy atom. The first-order chi connectivity index (χ1) is 16.5. The van der Waals surface area contributed by atoms with Crippen LogP contribution in [0.25, 0.3) is 22.2 Å². The molecule has 0 radical (unpaired) electrons. The molecule has 8 nitrogen and oxygen atoms in total. The van der Waals surface area contributed by atoms with E-state index in [2.05, 4.69) is 24.5 Å². The predicted octanol–water partition coefficient (Wildman–Crippen LogP) is 4.95. The molecule has 5 rings (SSSR count). The molecule has 0 spiro atoms. The SMILES string of the molecule is CN=S1(=O)CCN(c2ccc(Nc3ncc(Cl)c(-c4c[nH]c5ccccc45)n3)c(OC)c2)CC1. The second-order valence-electron chi connectivity index (χ2n) is 8.00. The Morgan fingerprint density at radius 3 is 2.76 bits per heavy atom. The summed E-state index contributed by atoms with van der Waals surface area (Å²) in [5.41, 5.74) is 4.32. The number of ether oxygens (including phenoxy) is 1. The number of halogens is 1. The van der Waals surface area contributed by atoms with Crippen molar-refractivity contribution in [2.75, 3.05) is 49.0 Å². The van der Waals surface area contributed by atoms with Gasteiger partial charge in [0.05, 0.1) is 29.7 Å². The van der Waals surface area contributed by atoms with Gasteiger partial charge in [0.15, 0.2) is 0 Å². The number of para-hydroxylation sites is 1. The zero-order valence-corrected chi connectivity index (χ0v) is 20.5. The second-order valence-corrected chi connectivity index (χ2v) is 11.1. The minimum Gasteiger partial charge on any atom is -0.494 e. The largest absolute Gasteiger partial charge is 0.494 e. The average Bonchev–Trinajstić information content (AvgIpc) is 3.30. The molecule has 176 valence electrons. The summed E-state index contributed by atoms with van der Waals surface area (Å²) in [6.07, 6.45) is 3.50. The summed E-state index contributed by atoms with van der Waals surface area (Å²) in [5.74, 6) is 2.22. The van der Waals surface area contributed by atoms with Crippen molar-refractivity contribution in [3.8, 4) is 17.0 Å². The van der Waals surface area contributed by atoms with Gasteiger partial charge >= 0.3 is 0 Å². The number of nitrogens with one attached hydrogen (secondary N) is 2. The fraction of sp³-hybridized carbons (Fsp3) is 0.250. The Bertz CT molecular complexity index is 1460. The number of methoxy groups -OCH3 is 1. The summed E-state index contributed by atoms with van der Waals surface area (Å²) in [4.78, 5) is 14.5. The van der Waals surface area contributed by atoms with Crippen LogP contribution in [0.3, 0.4) is 0 Å². The fourth-order valence-corrected chi connectivity index (χ4v) is 5.92. The number of nitrogens with zero attached hydrogens (tertiary/aromatic N) is 4. The van der Waals surface area contributed by atoms with E-state index in [-0.39, 0.29) is 0 Å². The lowest BCUT2D eigenvalue weighted by molar-refractivity contribution is 0.416. The summed E-state index contributed by atoms with van der Waals surface area (Å²) in [7, 11) is 1.21. The Morgan fingerprint density at radius 1 is 1.21 bits per heavy atom. The van der Waals surface area contributed by atoms with Crippen molar-refractivity contribution in [1.82, 2.24) is 15.0 Å². The van der Waals surface area contributed by atoms with Crippen molar-refractivity contribution in [3.63, 3.8) is 0 Å². The van der Waals surface area contributed by atoms with Crippen LogP contribution in [-0.4, -0.2) is 57.9 Å². The Kier molecular flexibility index (Phi) is 6.05. The van der Waals surface area contributed by atoms with Crippen molar-refractivity contribution in [2.45, 2.75) is 0 Å².